The maximum absolute atomic E-state index is 13.4. The number of aliphatic hydroxyl groups is 2. The second kappa shape index (κ2) is 44.4. The minimum Gasteiger partial charge on any atom is -0.497 e. The number of amides is 4. The fourth-order valence-electron chi connectivity index (χ4n) is 19.0. The molecular weight excluding hydrogens is 1930 g/mol. The molecule has 37 nitrogen and oxygen atoms in total. The third kappa shape index (κ3) is 25.1. The second-order valence-corrected chi connectivity index (χ2v) is 45.4. The molecule has 0 bridgehead atoms. The molecule has 12 aromatic rings. The SMILES string of the molecule is COc1ccc(-c2ccc(C(=O)NS(=O)(=O)c3cccnc3N)c(N3C[C@@H](C)CC3(C)C)n2)c(CO)c1.COc1ccc(-c2ccc(C(=O)NS(=O)(=O)c3cccnc3N)c(N3C[C@@H](C)CC3(C)C)n2)c(OC)c1.C[C@@H]1CN(c2nc(-c3ccccc3CO)ccc2C(=O)NS(=O)(=O)c2cccnc2N)C(C)(C)C1.Cc1ccc(CCOc2cccc(S(=O)(=O)NC(=O)c3cccnc3N3CC(C)CC3(C)C)n2)cc1. The molecule has 0 aliphatic carbocycles. The summed E-state index contributed by atoms with van der Waals surface area (Å²) in [7, 11) is -12.4. The summed E-state index contributed by atoms with van der Waals surface area (Å²) < 4.78 is 134. The normalized spacial score (nSPS) is 17.1. The Labute approximate surface area is 845 Å². The summed E-state index contributed by atoms with van der Waals surface area (Å²) in [6, 6.07) is 51.6. The molecule has 4 saturated heterocycles. The number of nitrogens with one attached hydrogen (secondary N) is 4. The zero-order chi connectivity index (χ0) is 105. The zero-order valence-electron chi connectivity index (χ0n) is 83.7. The number of ether oxygens (including phenoxy) is 4. The third-order valence-electron chi connectivity index (χ3n) is 25.5. The van der Waals surface area contributed by atoms with Crippen molar-refractivity contribution >= 4 is 104 Å². The highest BCUT2D eigenvalue weighted by Crippen LogP contribution is 2.45. The highest BCUT2D eigenvalue weighted by Gasteiger charge is 2.45. The molecule has 0 saturated carbocycles. The monoisotopic (exact) mass is 2050 g/mol. The molecule has 41 heteroatoms. The van der Waals surface area contributed by atoms with Crippen LogP contribution in [0.25, 0.3) is 33.8 Å². The van der Waals surface area contributed by atoms with E-state index in [-0.39, 0.29) is 101 Å². The molecule has 1 unspecified atom stereocenters. The Bertz CT molecular complexity index is 7090. The van der Waals surface area contributed by atoms with Crippen molar-refractivity contribution in [3.63, 3.8) is 0 Å². The molecule has 0 spiro atoms. The molecule has 12 heterocycles. The molecule has 145 heavy (non-hydrogen) atoms. The van der Waals surface area contributed by atoms with Crippen LogP contribution in [0.15, 0.2) is 233 Å². The molecule has 12 N–H and O–H groups in total. The number of methoxy groups -OCH3 is 3. The minimum absolute atomic E-state index is 0.107. The molecule has 4 aliphatic rings. The predicted molar refractivity (Wildman–Crippen MR) is 555 cm³/mol. The lowest BCUT2D eigenvalue weighted by atomic mass is 9.97. The van der Waals surface area contributed by atoms with Crippen molar-refractivity contribution in [1.29, 1.82) is 0 Å². The Morgan fingerprint density at radius 3 is 1.14 bits per heavy atom. The number of nitrogens with two attached hydrogens (primary N) is 3. The molecule has 4 aliphatic heterocycles. The van der Waals surface area contributed by atoms with Gasteiger partial charge in [-0.1, -0.05) is 87.9 Å². The summed E-state index contributed by atoms with van der Waals surface area (Å²) in [5.74, 6) is 1.23. The van der Waals surface area contributed by atoms with E-state index in [4.69, 9.17) is 51.1 Å². The van der Waals surface area contributed by atoms with Crippen LogP contribution in [0.2, 0.25) is 0 Å². The summed E-state index contributed by atoms with van der Waals surface area (Å²) in [4.78, 5) is 95.1. The van der Waals surface area contributed by atoms with E-state index in [0.717, 1.165) is 43.4 Å². The van der Waals surface area contributed by atoms with Crippen LogP contribution in [0.4, 0.5) is 40.7 Å². The van der Waals surface area contributed by atoms with Gasteiger partial charge in [-0.3, -0.25) is 19.2 Å². The minimum atomic E-state index is -4.28. The van der Waals surface area contributed by atoms with E-state index in [1.165, 1.54) is 72.7 Å². The predicted octanol–water partition coefficient (Wildman–Crippen LogP) is 13.6. The highest BCUT2D eigenvalue weighted by molar-refractivity contribution is 7.91. The van der Waals surface area contributed by atoms with Gasteiger partial charge in [-0.25, -0.2) is 79.0 Å². The van der Waals surface area contributed by atoms with Crippen LogP contribution in [-0.4, -0.2) is 184 Å². The molecule has 4 atom stereocenters. The third-order valence-corrected chi connectivity index (χ3v) is 30.9. The van der Waals surface area contributed by atoms with E-state index < -0.39 is 63.7 Å². The first-order valence-electron chi connectivity index (χ1n) is 46.9. The van der Waals surface area contributed by atoms with Crippen molar-refractivity contribution in [2.24, 2.45) is 23.7 Å². The number of hydrogen-bond donors (Lipinski definition) is 9. The standard InChI is InChI=1S/C27H32N4O4S.2C26H31N5O5S.C25H29N5O4S/c1-19-10-12-21(13-11-19)14-16-35-23-8-5-9-24(29-23)36(33,34)30-26(32)22-7-6-15-28-25(22)31-18-20(2)17-27(31,3)4;1-16-14-26(2,3)31(15-16)24-19(25(32)30-37(33,34)22-7-6-12-28-23(22)27)10-11-20(29-24)18-9-8-17(35-4)13-21(18)36-5;1-16-13-26(2,3)31(14-16)24-20(25(33)30-37(34,35)22-6-5-11-28-23(22)27)9-10-21(29-24)19-8-7-18(36-4)12-17(19)15-32;1-16-13-25(2,3)30(14-16)23-19(10-11-20(28-23)18-8-5-4-7-17(18)15-31)24(32)29-35(33,34)21-9-6-12-27-22(21)26/h5-13,15,20H,14,16-18H2,1-4H3,(H,30,32);6-13,16H,14-15H2,1-5H3,(H2,27,28)(H,30,32);5-12,16,32H,13-15H2,1-4H3,(H2,27,28)(H,30,33);4-12,16,31H,13-15H2,1-3H3,(H2,26,27)(H,29,32)/t;3*16-/m.000/s1. The topological polar surface area (TPSA) is 524 Å². The molecule has 4 amide bonds. The van der Waals surface area contributed by atoms with Gasteiger partial charge >= 0.3 is 0 Å². The molecule has 4 fully saturated rings. The van der Waals surface area contributed by atoms with Crippen molar-refractivity contribution in [2.75, 3.05) is 90.9 Å². The molecule has 4 aromatic carbocycles. The van der Waals surface area contributed by atoms with E-state index in [1.807, 2.05) is 71.3 Å². The van der Waals surface area contributed by atoms with Crippen molar-refractivity contribution in [3.8, 4) is 56.9 Å². The first-order chi connectivity index (χ1) is 68.5. The van der Waals surface area contributed by atoms with Crippen LogP contribution in [0.5, 0.6) is 23.1 Å². The smallest absolute Gasteiger partial charge is 0.281 e. The van der Waals surface area contributed by atoms with Gasteiger partial charge in [-0.2, -0.15) is 13.4 Å². The number of pyridine rings is 8. The van der Waals surface area contributed by atoms with E-state index in [1.54, 1.807) is 112 Å². The molecule has 16 rings (SSSR count). The number of anilines is 7. The maximum atomic E-state index is 13.4. The summed E-state index contributed by atoms with van der Waals surface area (Å²) in [6.07, 6.45) is 9.97. The highest BCUT2D eigenvalue weighted by atomic mass is 32.2. The first kappa shape index (κ1) is 108. The quantitative estimate of drug-likeness (QED) is 0.0220. The number of aromatic nitrogens is 8. The van der Waals surface area contributed by atoms with Gasteiger partial charge in [0.1, 0.15) is 72.7 Å². The fraction of sp³-hybridized carbons (Fsp3) is 0.346. The van der Waals surface area contributed by atoms with Crippen LogP contribution < -0.4 is 74.6 Å². The van der Waals surface area contributed by atoms with Crippen LogP contribution in [0.3, 0.4) is 0 Å². The van der Waals surface area contributed by atoms with Gasteiger partial charge in [0.05, 0.1) is 80.5 Å². The number of sulfonamides is 4. The number of nitrogen functional groups attached to an aromatic ring is 3. The van der Waals surface area contributed by atoms with Gasteiger partial charge in [0.15, 0.2) is 5.03 Å². The van der Waals surface area contributed by atoms with Gasteiger partial charge in [0, 0.05) is 108 Å². The second-order valence-electron chi connectivity index (χ2n) is 38.9. The largest absolute Gasteiger partial charge is 0.497 e. The van der Waals surface area contributed by atoms with Crippen molar-refractivity contribution in [1.82, 2.24) is 58.8 Å². The van der Waals surface area contributed by atoms with Crippen LogP contribution >= 0.6 is 0 Å². The fourth-order valence-corrected chi connectivity index (χ4v) is 23.1. The van der Waals surface area contributed by atoms with Gasteiger partial charge in [0.2, 0.25) is 5.88 Å². The number of carbonyl (C=O) groups is 4. The van der Waals surface area contributed by atoms with Crippen molar-refractivity contribution < 1.29 is 82.0 Å². The molecule has 8 aromatic heterocycles. The van der Waals surface area contributed by atoms with E-state index in [9.17, 15) is 63.1 Å². The number of hydrogen-bond acceptors (Lipinski definition) is 33. The zero-order valence-corrected chi connectivity index (χ0v) is 86.9. The molecular formula is C104H123N19O18S4. The lowest BCUT2D eigenvalue weighted by Gasteiger charge is -2.34. The first-order valence-corrected chi connectivity index (χ1v) is 52.8. The number of rotatable bonds is 28. The van der Waals surface area contributed by atoms with E-state index >= 15 is 0 Å². The summed E-state index contributed by atoms with van der Waals surface area (Å²) >= 11 is 0. The van der Waals surface area contributed by atoms with Crippen LogP contribution in [0, 0.1) is 30.6 Å². The van der Waals surface area contributed by atoms with E-state index in [0.29, 0.717) is 136 Å². The van der Waals surface area contributed by atoms with Crippen LogP contribution in [0.1, 0.15) is 172 Å². The Morgan fingerprint density at radius 1 is 0.386 bits per heavy atom. The van der Waals surface area contributed by atoms with Crippen molar-refractivity contribution in [2.45, 2.75) is 177 Å². The van der Waals surface area contributed by atoms with Gasteiger partial charge in [-0.15, -0.1) is 0 Å². The Morgan fingerprint density at radius 2 is 0.752 bits per heavy atom. The summed E-state index contributed by atoms with van der Waals surface area (Å²) in [6.45, 7) is 29.8. The van der Waals surface area contributed by atoms with Gasteiger partial charge in [0.25, 0.3) is 63.7 Å². The number of aryl methyl sites for hydroxylation is 1. The van der Waals surface area contributed by atoms with Gasteiger partial charge < -0.3 is 66.0 Å². The Hall–Kier alpha value is -14.5. The van der Waals surface area contributed by atoms with Gasteiger partial charge in [-0.05, 0) is 250 Å². The van der Waals surface area contributed by atoms with Crippen molar-refractivity contribution in [3.05, 3.63) is 257 Å². The Kier molecular flexibility index (Phi) is 33.0. The number of carbonyl (C=O) groups excluding carboxylic acids is 4. The van der Waals surface area contributed by atoms with Crippen LogP contribution in [-0.2, 0) is 59.7 Å². The number of nitrogens with zero attached hydrogens (tertiary/aromatic N) is 12. The average Bonchev–Trinajstić information content (AvgIpc) is 1.67. The number of benzene rings is 4. The summed E-state index contributed by atoms with van der Waals surface area (Å²) in [5.41, 5.74) is 24.1. The summed E-state index contributed by atoms with van der Waals surface area (Å²) in [5, 5.41) is 19.5. The lowest BCUT2D eigenvalue weighted by molar-refractivity contribution is 0.0972. The average molecular weight is 2060 g/mol. The maximum Gasteiger partial charge on any atom is 0.281 e. The van der Waals surface area contributed by atoms with E-state index in [2.05, 4.69) is 137 Å². The molecule has 766 valence electrons. The lowest BCUT2D eigenvalue weighted by Crippen LogP contribution is -2.41. The Balaban J connectivity index is 0.000000162. The number of aliphatic hydroxyl groups excluding tert-OH is 2. The molecule has 0 radical (unpaired) electrons.